The molecule has 0 fully saturated rings. The number of anilines is 6. The van der Waals surface area contributed by atoms with Crippen LogP contribution in [0.1, 0.15) is 22.3 Å². The number of furan rings is 1. The van der Waals surface area contributed by atoms with E-state index >= 15 is 0 Å². The second kappa shape index (κ2) is 13.7. The molecule has 0 radical (unpaired) electrons. The molecule has 304 valence electrons. The van der Waals surface area contributed by atoms with E-state index in [2.05, 4.69) is 222 Å². The van der Waals surface area contributed by atoms with Gasteiger partial charge in [0, 0.05) is 22.1 Å². The van der Waals surface area contributed by atoms with Crippen LogP contribution in [0.5, 0.6) is 11.5 Å². The lowest BCUT2D eigenvalue weighted by atomic mass is 9.64. The molecule has 0 amide bonds. The van der Waals surface area contributed by atoms with Gasteiger partial charge in [-0.15, -0.1) is 0 Å². The van der Waals surface area contributed by atoms with Crippen molar-refractivity contribution in [2.24, 2.45) is 0 Å². The lowest BCUT2D eigenvalue weighted by molar-refractivity contribution is 0.473. The van der Waals surface area contributed by atoms with Crippen molar-refractivity contribution in [3.05, 3.63) is 253 Å². The summed E-state index contributed by atoms with van der Waals surface area (Å²) in [5.74, 6) is 1.72. The molecule has 0 bridgehead atoms. The topological polar surface area (TPSA) is 28.9 Å². The number of rotatable bonds is 5. The van der Waals surface area contributed by atoms with Gasteiger partial charge in [-0.2, -0.15) is 0 Å². The van der Waals surface area contributed by atoms with Gasteiger partial charge in [0.15, 0.2) is 17.1 Å². The molecule has 10 aromatic carbocycles. The molecular formula is C61H38N2O2. The van der Waals surface area contributed by atoms with Gasteiger partial charge in [0.25, 0.3) is 0 Å². The predicted octanol–water partition coefficient (Wildman–Crippen LogP) is 16.6. The molecule has 1 spiro atoms. The predicted molar refractivity (Wildman–Crippen MR) is 265 cm³/mol. The third-order valence-electron chi connectivity index (χ3n) is 13.9. The van der Waals surface area contributed by atoms with Crippen LogP contribution in [0.2, 0.25) is 0 Å². The molecule has 2 aliphatic heterocycles. The maximum Gasteiger partial charge on any atom is 0.159 e. The first-order valence-corrected chi connectivity index (χ1v) is 22.2. The van der Waals surface area contributed by atoms with E-state index in [1.807, 2.05) is 18.2 Å². The minimum absolute atomic E-state index is 0.579. The number of benzene rings is 10. The van der Waals surface area contributed by atoms with Crippen molar-refractivity contribution in [2.75, 3.05) is 9.80 Å². The molecule has 3 heterocycles. The Kier molecular flexibility index (Phi) is 7.57. The van der Waals surface area contributed by atoms with E-state index < -0.39 is 5.41 Å². The summed E-state index contributed by atoms with van der Waals surface area (Å²) in [5.41, 5.74) is 19.7. The summed E-state index contributed by atoms with van der Waals surface area (Å²) in [6, 6.07) is 83.1. The van der Waals surface area contributed by atoms with E-state index in [0.29, 0.717) is 0 Å². The first-order valence-electron chi connectivity index (χ1n) is 22.2. The molecule has 11 aromatic rings. The van der Waals surface area contributed by atoms with Crippen molar-refractivity contribution < 1.29 is 9.15 Å². The zero-order valence-corrected chi connectivity index (χ0v) is 35.2. The maximum atomic E-state index is 6.72. The van der Waals surface area contributed by atoms with Crippen LogP contribution >= 0.6 is 0 Å². The largest absolute Gasteiger partial charge is 0.454 e. The number of hydrogen-bond donors (Lipinski definition) is 0. The van der Waals surface area contributed by atoms with Crippen molar-refractivity contribution >= 4 is 56.1 Å². The fourth-order valence-electron chi connectivity index (χ4n) is 11.1. The van der Waals surface area contributed by atoms with Crippen LogP contribution in [-0.4, -0.2) is 0 Å². The second-order valence-electron chi connectivity index (χ2n) is 17.2. The smallest absolute Gasteiger partial charge is 0.159 e. The van der Waals surface area contributed by atoms with Crippen molar-refractivity contribution in [2.45, 2.75) is 5.41 Å². The number of ether oxygens (including phenoxy) is 1. The van der Waals surface area contributed by atoms with Crippen LogP contribution < -0.4 is 14.5 Å². The van der Waals surface area contributed by atoms with Gasteiger partial charge < -0.3 is 19.0 Å². The van der Waals surface area contributed by atoms with Crippen LogP contribution in [0, 0.1) is 0 Å². The Balaban J connectivity index is 0.952. The van der Waals surface area contributed by atoms with E-state index in [0.717, 1.165) is 78.7 Å². The highest BCUT2D eigenvalue weighted by atomic mass is 16.5. The summed E-state index contributed by atoms with van der Waals surface area (Å²) in [4.78, 5) is 4.75. The highest BCUT2D eigenvalue weighted by Gasteiger charge is 2.53. The van der Waals surface area contributed by atoms with Gasteiger partial charge >= 0.3 is 0 Å². The lowest BCUT2D eigenvalue weighted by Gasteiger charge is -2.47. The highest BCUT2D eigenvalue weighted by Crippen LogP contribution is 2.67. The molecule has 1 aromatic heterocycles. The molecule has 0 N–H and O–H groups in total. The molecular weight excluding hydrogens is 793 g/mol. The van der Waals surface area contributed by atoms with Gasteiger partial charge in [0.2, 0.25) is 0 Å². The van der Waals surface area contributed by atoms with Crippen LogP contribution in [0.25, 0.3) is 55.3 Å². The zero-order valence-electron chi connectivity index (χ0n) is 35.2. The Labute approximate surface area is 376 Å². The van der Waals surface area contributed by atoms with E-state index in [9.17, 15) is 0 Å². The molecule has 0 saturated carbocycles. The Morgan fingerprint density at radius 1 is 0.385 bits per heavy atom. The average Bonchev–Trinajstić information content (AvgIpc) is 3.90. The molecule has 65 heavy (non-hydrogen) atoms. The van der Waals surface area contributed by atoms with E-state index in [-0.39, 0.29) is 0 Å². The van der Waals surface area contributed by atoms with Crippen molar-refractivity contribution in [1.29, 1.82) is 0 Å². The Morgan fingerprint density at radius 2 is 0.954 bits per heavy atom. The fraction of sp³-hybridized carbons (Fsp3) is 0.0164. The Morgan fingerprint density at radius 3 is 1.72 bits per heavy atom. The second-order valence-corrected chi connectivity index (χ2v) is 17.2. The normalized spacial score (nSPS) is 13.4. The van der Waals surface area contributed by atoms with Crippen LogP contribution in [0.4, 0.5) is 34.1 Å². The van der Waals surface area contributed by atoms with Gasteiger partial charge in [0.1, 0.15) is 5.58 Å². The summed E-state index contributed by atoms with van der Waals surface area (Å²) in [6.07, 6.45) is 0. The first-order chi connectivity index (χ1) is 32.2. The number of hydrogen-bond acceptors (Lipinski definition) is 4. The monoisotopic (exact) mass is 830 g/mol. The minimum Gasteiger partial charge on any atom is -0.454 e. The van der Waals surface area contributed by atoms with Crippen LogP contribution in [0.3, 0.4) is 0 Å². The molecule has 1 aliphatic carbocycles. The van der Waals surface area contributed by atoms with Crippen molar-refractivity contribution in [3.63, 3.8) is 0 Å². The third-order valence-corrected chi connectivity index (χ3v) is 13.9. The summed E-state index contributed by atoms with van der Waals surface area (Å²) < 4.78 is 13.4. The molecule has 0 unspecified atom stereocenters. The van der Waals surface area contributed by atoms with Gasteiger partial charge in [-0.05, 0) is 122 Å². The number of nitrogens with zero attached hydrogens (tertiary/aromatic N) is 2. The van der Waals surface area contributed by atoms with E-state index in [1.54, 1.807) is 0 Å². The molecule has 4 nitrogen and oxygen atoms in total. The molecule has 0 atom stereocenters. The maximum absolute atomic E-state index is 6.72. The van der Waals surface area contributed by atoms with Gasteiger partial charge in [-0.1, -0.05) is 164 Å². The summed E-state index contributed by atoms with van der Waals surface area (Å²) in [6.45, 7) is 0. The molecule has 14 rings (SSSR count). The van der Waals surface area contributed by atoms with Gasteiger partial charge in [0.05, 0.1) is 28.2 Å². The SMILES string of the molecule is c1ccc(-c2ccc(N(c3ccc(-c4ccc5c(c4)C4(c6ccccc6-c6ccccc64)c4cccc6c4N5c4ccccc4O6)cc3)c3cccc4c3oc3ccccc34)cc2)cc1. The van der Waals surface area contributed by atoms with Gasteiger partial charge in [-0.25, -0.2) is 0 Å². The van der Waals surface area contributed by atoms with Crippen molar-refractivity contribution in [3.8, 4) is 44.9 Å². The highest BCUT2D eigenvalue weighted by molar-refractivity contribution is 6.10. The average molecular weight is 831 g/mol. The third kappa shape index (κ3) is 5.08. The number of para-hydroxylation sites is 5. The zero-order chi connectivity index (χ0) is 42.6. The quantitative estimate of drug-likeness (QED) is 0.173. The first kappa shape index (κ1) is 35.9. The molecule has 4 heteroatoms. The van der Waals surface area contributed by atoms with Crippen molar-refractivity contribution in [1.82, 2.24) is 0 Å². The van der Waals surface area contributed by atoms with E-state index in [1.165, 1.54) is 44.5 Å². The molecule has 3 aliphatic rings. The summed E-state index contributed by atoms with van der Waals surface area (Å²) in [7, 11) is 0. The standard InChI is InChI=1S/C61H38N2O2/c1-2-14-39(15-3-1)40-28-33-43(34-29-40)62(55-24-12-19-48-47-18-6-10-25-56(47)65-60(48)55)44-35-30-41(31-36-44)42-32-37-53-52(38-42)61(49-20-7-4-16-45(49)46-17-5-8-21-50(46)61)51-22-13-27-58-59(51)63(53)54-23-9-11-26-57(54)64-58/h1-38H. The summed E-state index contributed by atoms with van der Waals surface area (Å²) >= 11 is 0. The van der Waals surface area contributed by atoms with E-state index in [4.69, 9.17) is 9.15 Å². The Hall–Kier alpha value is -8.60. The van der Waals surface area contributed by atoms with Crippen LogP contribution in [0.15, 0.2) is 235 Å². The lowest BCUT2D eigenvalue weighted by Crippen LogP contribution is -2.37. The van der Waals surface area contributed by atoms with Crippen LogP contribution in [-0.2, 0) is 5.41 Å². The summed E-state index contributed by atoms with van der Waals surface area (Å²) in [5, 5.41) is 2.20. The Bertz CT molecular complexity index is 3660. The van der Waals surface area contributed by atoms with Gasteiger partial charge in [-0.3, -0.25) is 0 Å². The minimum atomic E-state index is -0.579. The fourth-order valence-corrected chi connectivity index (χ4v) is 11.1. The molecule has 0 saturated heterocycles. The number of fused-ring (bicyclic) bond motifs is 14.